The first kappa shape index (κ1) is 13.6. The lowest BCUT2D eigenvalue weighted by Crippen LogP contribution is -2.30. The van der Waals surface area contributed by atoms with Gasteiger partial charge in [0.15, 0.2) is 5.82 Å². The molecule has 5 nitrogen and oxygen atoms in total. The summed E-state index contributed by atoms with van der Waals surface area (Å²) in [5.41, 5.74) is 0.901. The van der Waals surface area contributed by atoms with Gasteiger partial charge in [0.05, 0.1) is 0 Å². The third kappa shape index (κ3) is 2.73. The highest BCUT2D eigenvalue weighted by atomic mass is 16.5. The van der Waals surface area contributed by atoms with Crippen LogP contribution in [0.5, 0.6) is 0 Å². The Bertz CT molecular complexity index is 471. The number of hydrogen-bond acceptors (Lipinski definition) is 3. The van der Waals surface area contributed by atoms with Gasteiger partial charge < -0.3 is 10.1 Å². The Kier molecular flexibility index (Phi) is 3.78. The first-order valence-corrected chi connectivity index (χ1v) is 7.62. The fourth-order valence-corrected chi connectivity index (χ4v) is 3.27. The van der Waals surface area contributed by atoms with Crippen molar-refractivity contribution in [2.45, 2.75) is 51.4 Å². The molecule has 1 aromatic heterocycles. The number of nitrogens with zero attached hydrogens (tertiary/aromatic N) is 1. The van der Waals surface area contributed by atoms with E-state index in [1.165, 1.54) is 0 Å². The first-order valence-electron chi connectivity index (χ1n) is 7.62. The molecule has 5 heteroatoms. The monoisotopic (exact) mass is 277 g/mol. The highest BCUT2D eigenvalue weighted by Crippen LogP contribution is 2.38. The predicted molar refractivity (Wildman–Crippen MR) is 76.6 cm³/mol. The van der Waals surface area contributed by atoms with Gasteiger partial charge >= 0.3 is 0 Å². The van der Waals surface area contributed by atoms with E-state index in [9.17, 15) is 4.79 Å². The van der Waals surface area contributed by atoms with E-state index < -0.39 is 0 Å². The maximum atomic E-state index is 12.3. The fourth-order valence-electron chi connectivity index (χ4n) is 3.27. The number of anilines is 1. The molecule has 0 atom stereocenters. The third-order valence-electron chi connectivity index (χ3n) is 4.76. The molecule has 0 unspecified atom stereocenters. The van der Waals surface area contributed by atoms with Crippen LogP contribution >= 0.6 is 0 Å². The van der Waals surface area contributed by atoms with Crippen molar-refractivity contribution in [1.29, 1.82) is 0 Å². The minimum Gasteiger partial charge on any atom is -0.381 e. The van der Waals surface area contributed by atoms with Crippen LogP contribution in [0, 0.1) is 5.41 Å². The van der Waals surface area contributed by atoms with Gasteiger partial charge in [-0.05, 0) is 25.7 Å². The Labute approximate surface area is 119 Å². The molecular weight excluding hydrogens is 254 g/mol. The quantitative estimate of drug-likeness (QED) is 0.892. The van der Waals surface area contributed by atoms with Crippen LogP contribution in [0.4, 0.5) is 5.82 Å². The molecule has 2 aliphatic rings. The molecule has 2 heterocycles. The summed E-state index contributed by atoms with van der Waals surface area (Å²) >= 11 is 0. The summed E-state index contributed by atoms with van der Waals surface area (Å²) in [5.74, 6) is 1.24. The topological polar surface area (TPSA) is 67.0 Å². The van der Waals surface area contributed by atoms with Crippen molar-refractivity contribution >= 4 is 11.7 Å². The molecule has 0 bridgehead atoms. The minimum atomic E-state index is -0.211. The van der Waals surface area contributed by atoms with E-state index in [1.54, 1.807) is 0 Å². The lowest BCUT2D eigenvalue weighted by atomic mass is 9.88. The van der Waals surface area contributed by atoms with Gasteiger partial charge in [-0.1, -0.05) is 19.8 Å². The number of carbonyl (C=O) groups is 1. The zero-order valence-corrected chi connectivity index (χ0v) is 12.1. The van der Waals surface area contributed by atoms with Gasteiger partial charge in [0.25, 0.3) is 0 Å². The van der Waals surface area contributed by atoms with E-state index in [1.807, 2.05) is 6.07 Å². The van der Waals surface area contributed by atoms with Crippen molar-refractivity contribution in [3.63, 3.8) is 0 Å². The van der Waals surface area contributed by atoms with E-state index in [0.717, 1.165) is 57.4 Å². The Balaban J connectivity index is 1.63. The molecule has 0 radical (unpaired) electrons. The third-order valence-corrected chi connectivity index (χ3v) is 4.76. The molecule has 0 spiro atoms. The van der Waals surface area contributed by atoms with Crippen molar-refractivity contribution in [3.05, 3.63) is 11.8 Å². The number of aromatic amines is 1. The summed E-state index contributed by atoms with van der Waals surface area (Å²) in [6.45, 7) is 3.67. The number of aromatic nitrogens is 2. The van der Waals surface area contributed by atoms with Gasteiger partial charge in [-0.3, -0.25) is 9.89 Å². The Morgan fingerprint density at radius 2 is 2.10 bits per heavy atom. The lowest BCUT2D eigenvalue weighted by molar-refractivity contribution is -0.124. The molecule has 1 amide bonds. The molecule has 1 saturated carbocycles. The molecule has 2 N–H and O–H groups in total. The summed E-state index contributed by atoms with van der Waals surface area (Å²) in [4.78, 5) is 12.3. The van der Waals surface area contributed by atoms with Gasteiger partial charge in [-0.25, -0.2) is 0 Å². The maximum absolute atomic E-state index is 12.3. The number of amides is 1. The second-order valence-electron chi connectivity index (χ2n) is 6.32. The summed E-state index contributed by atoms with van der Waals surface area (Å²) < 4.78 is 5.37. The van der Waals surface area contributed by atoms with Gasteiger partial charge in [0.1, 0.15) is 0 Å². The largest absolute Gasteiger partial charge is 0.381 e. The Hall–Kier alpha value is -1.36. The number of nitrogens with one attached hydrogen (secondary N) is 2. The second-order valence-corrected chi connectivity index (χ2v) is 6.32. The highest BCUT2D eigenvalue weighted by molar-refractivity contribution is 5.94. The van der Waals surface area contributed by atoms with E-state index in [2.05, 4.69) is 22.4 Å². The minimum absolute atomic E-state index is 0.111. The highest BCUT2D eigenvalue weighted by Gasteiger charge is 2.36. The fraction of sp³-hybridized carbons (Fsp3) is 0.733. The van der Waals surface area contributed by atoms with Crippen LogP contribution in [0.2, 0.25) is 0 Å². The van der Waals surface area contributed by atoms with Crippen LogP contribution in [-0.4, -0.2) is 29.3 Å². The normalized spacial score (nSPS) is 22.9. The predicted octanol–water partition coefficient (Wildman–Crippen LogP) is 2.82. The average Bonchev–Trinajstić information content (AvgIpc) is 3.10. The summed E-state index contributed by atoms with van der Waals surface area (Å²) in [6.07, 6.45) is 6.31. The van der Waals surface area contributed by atoms with E-state index in [4.69, 9.17) is 4.74 Å². The summed E-state index contributed by atoms with van der Waals surface area (Å²) in [6, 6.07) is 1.98. The molecule has 2 fully saturated rings. The molecule has 0 aromatic carbocycles. The van der Waals surface area contributed by atoms with E-state index in [-0.39, 0.29) is 11.3 Å². The number of ether oxygens (including phenoxy) is 1. The molecule has 1 aromatic rings. The summed E-state index contributed by atoms with van der Waals surface area (Å²) in [7, 11) is 0. The number of hydrogen-bond donors (Lipinski definition) is 2. The molecule has 1 aliphatic heterocycles. The number of rotatable bonds is 3. The number of H-pyrrole nitrogens is 1. The van der Waals surface area contributed by atoms with Crippen LogP contribution in [0.25, 0.3) is 0 Å². The standard InChI is InChI=1S/C15H23N3O2/c1-15(6-2-3-7-15)14(19)16-13-10-12(17-18-13)11-4-8-20-9-5-11/h10-11H,2-9H2,1H3,(H2,16,17,18,19). The molecule has 1 aliphatic carbocycles. The van der Waals surface area contributed by atoms with Gasteiger partial charge in [-0.2, -0.15) is 5.10 Å². The van der Waals surface area contributed by atoms with Gasteiger partial charge in [0.2, 0.25) is 5.91 Å². The van der Waals surface area contributed by atoms with Crippen molar-refractivity contribution in [2.75, 3.05) is 18.5 Å². The molecule has 110 valence electrons. The number of carbonyl (C=O) groups excluding carboxylic acids is 1. The van der Waals surface area contributed by atoms with Crippen LogP contribution in [0.3, 0.4) is 0 Å². The molecule has 1 saturated heterocycles. The van der Waals surface area contributed by atoms with Gasteiger partial charge in [-0.15, -0.1) is 0 Å². The second kappa shape index (κ2) is 5.56. The lowest BCUT2D eigenvalue weighted by Gasteiger charge is -2.21. The van der Waals surface area contributed by atoms with Crippen molar-refractivity contribution < 1.29 is 9.53 Å². The van der Waals surface area contributed by atoms with Crippen LogP contribution in [0.15, 0.2) is 6.07 Å². The van der Waals surface area contributed by atoms with Gasteiger partial charge in [0, 0.05) is 36.3 Å². The molecule has 20 heavy (non-hydrogen) atoms. The maximum Gasteiger partial charge on any atom is 0.231 e. The van der Waals surface area contributed by atoms with Crippen molar-refractivity contribution in [2.24, 2.45) is 5.41 Å². The molecular formula is C15H23N3O2. The smallest absolute Gasteiger partial charge is 0.231 e. The first-order chi connectivity index (χ1) is 9.67. The average molecular weight is 277 g/mol. The SMILES string of the molecule is CC1(C(=O)Nc2cc(C3CCOCC3)[nH]n2)CCCC1. The zero-order valence-electron chi connectivity index (χ0n) is 12.1. The Morgan fingerprint density at radius 1 is 1.40 bits per heavy atom. The van der Waals surface area contributed by atoms with Crippen molar-refractivity contribution in [3.8, 4) is 0 Å². The van der Waals surface area contributed by atoms with Crippen LogP contribution in [0.1, 0.15) is 57.1 Å². The van der Waals surface area contributed by atoms with Crippen LogP contribution < -0.4 is 5.32 Å². The van der Waals surface area contributed by atoms with Crippen molar-refractivity contribution in [1.82, 2.24) is 10.2 Å². The van der Waals surface area contributed by atoms with Crippen LogP contribution in [-0.2, 0) is 9.53 Å². The molecule has 3 rings (SSSR count). The zero-order chi connectivity index (χ0) is 14.0. The van der Waals surface area contributed by atoms with E-state index in [0.29, 0.717) is 11.7 Å². The van der Waals surface area contributed by atoms with E-state index >= 15 is 0 Å². The Morgan fingerprint density at radius 3 is 2.80 bits per heavy atom. The summed E-state index contributed by atoms with van der Waals surface area (Å²) in [5, 5.41) is 10.3.